The van der Waals surface area contributed by atoms with E-state index in [9.17, 15) is 4.79 Å². The lowest BCUT2D eigenvalue weighted by molar-refractivity contribution is -0.132. The molecule has 5 nitrogen and oxygen atoms in total. The van der Waals surface area contributed by atoms with Gasteiger partial charge in [-0.25, -0.2) is 4.98 Å². The second-order valence-electron chi connectivity index (χ2n) is 7.28. The molecule has 1 saturated carbocycles. The lowest BCUT2D eigenvalue weighted by Gasteiger charge is -2.24. The van der Waals surface area contributed by atoms with Gasteiger partial charge in [0.2, 0.25) is 5.91 Å². The molecule has 1 amide bonds. The minimum Gasteiger partial charge on any atom is -0.381 e. The molecule has 0 bridgehead atoms. The predicted molar refractivity (Wildman–Crippen MR) is 94.8 cm³/mol. The zero-order chi connectivity index (χ0) is 17.1. The molecule has 0 saturated heterocycles. The van der Waals surface area contributed by atoms with E-state index >= 15 is 0 Å². The van der Waals surface area contributed by atoms with Crippen LogP contribution in [0.3, 0.4) is 0 Å². The van der Waals surface area contributed by atoms with E-state index in [4.69, 9.17) is 4.74 Å². The molecule has 1 atom stereocenters. The van der Waals surface area contributed by atoms with Crippen molar-refractivity contribution in [3.8, 4) is 0 Å². The van der Waals surface area contributed by atoms with Crippen LogP contribution in [0, 0.1) is 11.8 Å². The second kappa shape index (κ2) is 7.40. The highest BCUT2D eigenvalue weighted by molar-refractivity contribution is 5.78. The van der Waals surface area contributed by atoms with Gasteiger partial charge in [-0.15, -0.1) is 0 Å². The second-order valence-corrected chi connectivity index (χ2v) is 7.28. The van der Waals surface area contributed by atoms with Crippen molar-refractivity contribution in [3.63, 3.8) is 0 Å². The smallest absolute Gasteiger partial charge is 0.227 e. The molecule has 25 heavy (non-hydrogen) atoms. The quantitative estimate of drug-likeness (QED) is 0.812. The van der Waals surface area contributed by atoms with E-state index in [1.54, 1.807) is 0 Å². The number of ether oxygens (including phenoxy) is 1. The summed E-state index contributed by atoms with van der Waals surface area (Å²) in [6.45, 7) is 3.76. The summed E-state index contributed by atoms with van der Waals surface area (Å²) >= 11 is 0. The Morgan fingerprint density at radius 2 is 1.92 bits per heavy atom. The molecule has 132 valence electrons. The Kier molecular flexibility index (Phi) is 4.83. The number of benzene rings is 1. The van der Waals surface area contributed by atoms with Crippen LogP contribution < -0.4 is 0 Å². The number of hydrogen-bond acceptors (Lipinski definition) is 3. The van der Waals surface area contributed by atoms with E-state index < -0.39 is 0 Å². The van der Waals surface area contributed by atoms with Crippen molar-refractivity contribution in [2.45, 2.75) is 32.4 Å². The largest absolute Gasteiger partial charge is 0.381 e. The number of aromatic nitrogens is 2. The van der Waals surface area contributed by atoms with Crippen molar-refractivity contribution >= 4 is 5.91 Å². The van der Waals surface area contributed by atoms with Crippen LogP contribution in [0.4, 0.5) is 0 Å². The minimum atomic E-state index is 0.162. The first kappa shape index (κ1) is 16.3. The highest BCUT2D eigenvalue weighted by Crippen LogP contribution is 2.29. The zero-order valence-corrected chi connectivity index (χ0v) is 14.5. The lowest BCUT2D eigenvalue weighted by atomic mass is 10.1. The average molecular weight is 339 g/mol. The van der Waals surface area contributed by atoms with Gasteiger partial charge in [-0.3, -0.25) is 4.79 Å². The maximum Gasteiger partial charge on any atom is 0.227 e. The third-order valence-corrected chi connectivity index (χ3v) is 5.02. The minimum absolute atomic E-state index is 0.162. The number of carbonyl (C=O) groups is 1. The van der Waals surface area contributed by atoms with Crippen molar-refractivity contribution < 1.29 is 9.53 Å². The van der Waals surface area contributed by atoms with Crippen molar-refractivity contribution in [1.29, 1.82) is 0 Å². The molecule has 1 aliphatic carbocycles. The average Bonchev–Trinajstić information content (AvgIpc) is 3.38. The summed E-state index contributed by atoms with van der Waals surface area (Å²) in [5.41, 5.74) is 1.06. The summed E-state index contributed by atoms with van der Waals surface area (Å²) in [5.74, 6) is 2.21. The molecular weight excluding hydrogens is 314 g/mol. The number of nitrogens with zero attached hydrogens (tertiary/aromatic N) is 3. The van der Waals surface area contributed by atoms with Crippen LogP contribution in [0.1, 0.15) is 24.2 Å². The predicted octanol–water partition coefficient (Wildman–Crippen LogP) is 2.51. The molecule has 0 unspecified atom stereocenters. The molecule has 2 heterocycles. The van der Waals surface area contributed by atoms with Crippen LogP contribution in [-0.2, 0) is 29.0 Å². The Balaban J connectivity index is 1.43. The first-order chi connectivity index (χ1) is 12.3. The summed E-state index contributed by atoms with van der Waals surface area (Å²) < 4.78 is 8.09. The highest BCUT2D eigenvalue weighted by Gasteiger charge is 2.27. The van der Waals surface area contributed by atoms with Gasteiger partial charge >= 0.3 is 0 Å². The van der Waals surface area contributed by atoms with Gasteiger partial charge < -0.3 is 14.2 Å². The SMILES string of the molecule is O=C(Cc1ccccc1)N1Cc2nccn2C[C@H](COCC2CC2)C1. The topological polar surface area (TPSA) is 47.4 Å². The van der Waals surface area contributed by atoms with Crippen LogP contribution >= 0.6 is 0 Å². The van der Waals surface area contributed by atoms with Gasteiger partial charge in [0.1, 0.15) is 5.82 Å². The van der Waals surface area contributed by atoms with Crippen molar-refractivity contribution in [1.82, 2.24) is 14.5 Å². The van der Waals surface area contributed by atoms with Gasteiger partial charge in [-0.2, -0.15) is 0 Å². The first-order valence-electron chi connectivity index (χ1n) is 9.17. The fraction of sp³-hybridized carbons (Fsp3) is 0.500. The van der Waals surface area contributed by atoms with Crippen molar-refractivity contribution in [2.24, 2.45) is 11.8 Å². The van der Waals surface area contributed by atoms with E-state index in [0.717, 1.165) is 37.0 Å². The van der Waals surface area contributed by atoms with Crippen LogP contribution in [-0.4, -0.2) is 40.1 Å². The lowest BCUT2D eigenvalue weighted by Crippen LogP contribution is -2.36. The molecule has 0 spiro atoms. The number of hydrogen-bond donors (Lipinski definition) is 0. The number of amides is 1. The maximum absolute atomic E-state index is 12.8. The summed E-state index contributed by atoms with van der Waals surface area (Å²) in [4.78, 5) is 19.2. The maximum atomic E-state index is 12.8. The molecular formula is C20H25N3O2. The van der Waals surface area contributed by atoms with Crippen LogP contribution in [0.5, 0.6) is 0 Å². The van der Waals surface area contributed by atoms with Gasteiger partial charge in [0.15, 0.2) is 0 Å². The fourth-order valence-corrected chi connectivity index (χ4v) is 3.40. The molecule has 0 N–H and O–H groups in total. The van der Waals surface area contributed by atoms with Gasteiger partial charge in [0.25, 0.3) is 0 Å². The summed E-state index contributed by atoms with van der Waals surface area (Å²) in [5, 5.41) is 0. The van der Waals surface area contributed by atoms with E-state index in [2.05, 4.69) is 9.55 Å². The van der Waals surface area contributed by atoms with Gasteiger partial charge in [0, 0.05) is 38.0 Å². The van der Waals surface area contributed by atoms with E-state index in [-0.39, 0.29) is 5.91 Å². The van der Waals surface area contributed by atoms with E-state index in [1.807, 2.05) is 47.6 Å². The standard InChI is InChI=1S/C20H25N3O2/c24-20(10-16-4-2-1-3-5-16)23-12-18(15-25-14-17-6-7-17)11-22-9-8-21-19(22)13-23/h1-5,8-9,17-18H,6-7,10-15H2/t18-/m0/s1. The molecule has 1 aromatic heterocycles. The fourth-order valence-electron chi connectivity index (χ4n) is 3.40. The highest BCUT2D eigenvalue weighted by atomic mass is 16.5. The molecule has 4 rings (SSSR count). The Hall–Kier alpha value is -2.14. The van der Waals surface area contributed by atoms with E-state index in [1.165, 1.54) is 12.8 Å². The Morgan fingerprint density at radius 1 is 1.12 bits per heavy atom. The molecule has 1 fully saturated rings. The van der Waals surface area contributed by atoms with Crippen LogP contribution in [0.15, 0.2) is 42.7 Å². The van der Waals surface area contributed by atoms with Crippen molar-refractivity contribution in [3.05, 3.63) is 54.1 Å². The summed E-state index contributed by atoms with van der Waals surface area (Å²) in [6, 6.07) is 9.95. The molecule has 2 aliphatic rings. The van der Waals surface area contributed by atoms with Gasteiger partial charge in [-0.1, -0.05) is 30.3 Å². The van der Waals surface area contributed by atoms with Crippen LogP contribution in [0.2, 0.25) is 0 Å². The number of fused-ring (bicyclic) bond motifs is 1. The first-order valence-corrected chi connectivity index (χ1v) is 9.17. The Morgan fingerprint density at radius 3 is 2.72 bits per heavy atom. The number of carbonyl (C=O) groups excluding carboxylic acids is 1. The third-order valence-electron chi connectivity index (χ3n) is 5.02. The summed E-state index contributed by atoms with van der Waals surface area (Å²) in [6.07, 6.45) is 6.88. The van der Waals surface area contributed by atoms with Crippen molar-refractivity contribution in [2.75, 3.05) is 19.8 Å². The molecule has 2 aromatic rings. The molecule has 1 aliphatic heterocycles. The number of rotatable bonds is 6. The monoisotopic (exact) mass is 339 g/mol. The van der Waals surface area contributed by atoms with Gasteiger partial charge in [0.05, 0.1) is 19.6 Å². The van der Waals surface area contributed by atoms with Crippen LogP contribution in [0.25, 0.3) is 0 Å². The zero-order valence-electron chi connectivity index (χ0n) is 14.5. The Bertz CT molecular complexity index is 709. The molecule has 1 aromatic carbocycles. The van der Waals surface area contributed by atoms with E-state index in [0.29, 0.717) is 25.5 Å². The number of imidazole rings is 1. The third kappa shape index (κ3) is 4.28. The van der Waals surface area contributed by atoms with Gasteiger partial charge in [-0.05, 0) is 24.3 Å². The normalized spacial score (nSPS) is 20.2. The Labute approximate surface area is 148 Å². The molecule has 5 heteroatoms. The summed E-state index contributed by atoms with van der Waals surface area (Å²) in [7, 11) is 0. The molecule has 0 radical (unpaired) electrons.